The summed E-state index contributed by atoms with van der Waals surface area (Å²) < 4.78 is 14.7. The van der Waals surface area contributed by atoms with Crippen molar-refractivity contribution in [2.75, 3.05) is 0 Å². The number of aryl methyl sites for hydroxylation is 1. The maximum atomic E-state index is 14.7. The summed E-state index contributed by atoms with van der Waals surface area (Å²) in [6.07, 6.45) is 6.42. The number of H-pyrrole nitrogens is 3. The fourth-order valence-electron chi connectivity index (χ4n) is 5.28. The van der Waals surface area contributed by atoms with Crippen LogP contribution in [0, 0.1) is 17.7 Å². The molecule has 0 amide bonds. The van der Waals surface area contributed by atoms with Crippen LogP contribution in [0.25, 0.3) is 44.2 Å². The largest absolute Gasteiger partial charge is 0.477 e. The number of aromatic amines is 3. The Hall–Kier alpha value is -3.80. The predicted octanol–water partition coefficient (Wildman–Crippen LogP) is 7.94. The summed E-state index contributed by atoms with van der Waals surface area (Å²) in [5, 5.41) is 12.2. The first kappa shape index (κ1) is 23.9. The molecule has 186 valence electrons. The third-order valence-electron chi connectivity index (χ3n) is 6.88. The van der Waals surface area contributed by atoms with E-state index in [9.17, 15) is 14.3 Å². The van der Waals surface area contributed by atoms with E-state index >= 15 is 0 Å². The van der Waals surface area contributed by atoms with Crippen LogP contribution in [0.4, 0.5) is 4.39 Å². The van der Waals surface area contributed by atoms with Crippen molar-refractivity contribution in [1.82, 2.24) is 15.0 Å². The van der Waals surface area contributed by atoms with E-state index < -0.39 is 5.97 Å². The Kier molecular flexibility index (Phi) is 6.20. The SMILES string of the molecule is CC(C)CCc1c[nH]c2cccc(-c3c(C(=O)O)[nH]c(-c4cc(F)cc5[nH]ccc45)c3CC(C)C)c12. The van der Waals surface area contributed by atoms with Gasteiger partial charge in [-0.25, -0.2) is 9.18 Å². The summed E-state index contributed by atoms with van der Waals surface area (Å²) in [5.41, 5.74) is 6.80. The molecule has 0 aliphatic heterocycles. The Morgan fingerprint density at radius 2 is 1.81 bits per heavy atom. The zero-order chi connectivity index (χ0) is 25.6. The first-order valence-electron chi connectivity index (χ1n) is 12.6. The molecule has 0 bridgehead atoms. The number of hydrogen-bond donors (Lipinski definition) is 4. The van der Waals surface area contributed by atoms with Crippen molar-refractivity contribution < 1.29 is 14.3 Å². The van der Waals surface area contributed by atoms with Crippen LogP contribution in [0.5, 0.6) is 0 Å². The second-order valence-corrected chi connectivity index (χ2v) is 10.5. The molecule has 2 aromatic carbocycles. The average molecular weight is 486 g/mol. The molecule has 4 N–H and O–H groups in total. The monoisotopic (exact) mass is 485 g/mol. The Balaban J connectivity index is 1.83. The minimum Gasteiger partial charge on any atom is -0.477 e. The highest BCUT2D eigenvalue weighted by atomic mass is 19.1. The number of carboxylic acid groups (broad SMARTS) is 1. The van der Waals surface area contributed by atoms with Crippen LogP contribution >= 0.6 is 0 Å². The predicted molar refractivity (Wildman–Crippen MR) is 144 cm³/mol. The number of aromatic nitrogens is 3. The number of carboxylic acids is 1. The summed E-state index contributed by atoms with van der Waals surface area (Å²) in [5.74, 6) is -0.573. The quantitative estimate of drug-likeness (QED) is 0.180. The van der Waals surface area contributed by atoms with Gasteiger partial charge in [0.15, 0.2) is 0 Å². The lowest BCUT2D eigenvalue weighted by atomic mass is 9.89. The van der Waals surface area contributed by atoms with E-state index in [2.05, 4.69) is 42.6 Å². The fourth-order valence-corrected chi connectivity index (χ4v) is 5.28. The highest BCUT2D eigenvalue weighted by Gasteiger charge is 2.27. The molecular weight excluding hydrogens is 453 g/mol. The summed E-state index contributed by atoms with van der Waals surface area (Å²) >= 11 is 0. The van der Waals surface area contributed by atoms with E-state index in [0.717, 1.165) is 40.3 Å². The van der Waals surface area contributed by atoms with Gasteiger partial charge in [0, 0.05) is 45.3 Å². The standard InChI is InChI=1S/C30H32FN3O2/c1-16(2)8-9-18-15-33-24-7-5-6-21(26(18)24)27-23(12-17(3)4)28(34-29(27)30(35)36)22-13-19(31)14-25-20(22)10-11-32-25/h5-7,10-11,13-17,32-34H,8-9,12H2,1-4H3,(H,35,36). The number of nitrogens with one attached hydrogen (secondary N) is 3. The molecule has 0 fully saturated rings. The molecule has 36 heavy (non-hydrogen) atoms. The average Bonchev–Trinajstić information content (AvgIpc) is 3.53. The molecule has 3 heterocycles. The minimum atomic E-state index is -1.03. The zero-order valence-corrected chi connectivity index (χ0v) is 21.1. The zero-order valence-electron chi connectivity index (χ0n) is 21.1. The summed E-state index contributed by atoms with van der Waals surface area (Å²) in [4.78, 5) is 22.3. The number of rotatable bonds is 8. The number of fused-ring (bicyclic) bond motifs is 2. The molecule has 0 radical (unpaired) electrons. The van der Waals surface area contributed by atoms with Crippen molar-refractivity contribution in [2.24, 2.45) is 11.8 Å². The van der Waals surface area contributed by atoms with E-state index in [1.54, 1.807) is 6.20 Å². The third kappa shape index (κ3) is 4.21. The van der Waals surface area contributed by atoms with E-state index in [1.165, 1.54) is 17.7 Å². The molecule has 6 heteroatoms. The maximum absolute atomic E-state index is 14.7. The van der Waals surface area contributed by atoms with Gasteiger partial charge in [-0.1, -0.05) is 39.8 Å². The molecule has 5 nitrogen and oxygen atoms in total. The Bertz CT molecular complexity index is 1570. The summed E-state index contributed by atoms with van der Waals surface area (Å²) in [6.45, 7) is 8.64. The first-order valence-corrected chi connectivity index (χ1v) is 12.6. The lowest BCUT2D eigenvalue weighted by molar-refractivity contribution is 0.0692. The molecule has 0 saturated carbocycles. The van der Waals surface area contributed by atoms with Gasteiger partial charge in [-0.3, -0.25) is 0 Å². The van der Waals surface area contributed by atoms with Gasteiger partial charge in [0.25, 0.3) is 0 Å². The normalized spacial score (nSPS) is 12.0. The van der Waals surface area contributed by atoms with Gasteiger partial charge in [-0.05, 0) is 72.1 Å². The number of hydrogen-bond acceptors (Lipinski definition) is 1. The van der Waals surface area contributed by atoms with Crippen LogP contribution in [0.1, 0.15) is 55.7 Å². The van der Waals surface area contributed by atoms with Gasteiger partial charge in [0.1, 0.15) is 11.5 Å². The van der Waals surface area contributed by atoms with Crippen molar-refractivity contribution in [3.05, 3.63) is 71.4 Å². The van der Waals surface area contributed by atoms with Crippen molar-refractivity contribution in [3.63, 3.8) is 0 Å². The van der Waals surface area contributed by atoms with Gasteiger partial charge < -0.3 is 20.1 Å². The minimum absolute atomic E-state index is 0.136. The topological polar surface area (TPSA) is 84.7 Å². The van der Waals surface area contributed by atoms with Gasteiger partial charge in [-0.15, -0.1) is 0 Å². The molecule has 0 aliphatic rings. The molecular formula is C30H32FN3O2. The number of carbonyl (C=O) groups is 1. The maximum Gasteiger partial charge on any atom is 0.352 e. The number of benzene rings is 2. The van der Waals surface area contributed by atoms with Crippen molar-refractivity contribution in [1.29, 1.82) is 0 Å². The lowest BCUT2D eigenvalue weighted by Gasteiger charge is -2.14. The second-order valence-electron chi connectivity index (χ2n) is 10.5. The molecule has 5 rings (SSSR count). The fraction of sp³-hybridized carbons (Fsp3) is 0.300. The van der Waals surface area contributed by atoms with Crippen LogP contribution < -0.4 is 0 Å². The molecule has 3 aromatic heterocycles. The Morgan fingerprint density at radius 3 is 2.53 bits per heavy atom. The smallest absolute Gasteiger partial charge is 0.352 e. The molecule has 0 spiro atoms. The van der Waals surface area contributed by atoms with Crippen LogP contribution in [0.15, 0.2) is 48.8 Å². The summed E-state index contributed by atoms with van der Waals surface area (Å²) in [6, 6.07) is 10.9. The first-order chi connectivity index (χ1) is 17.2. The lowest BCUT2D eigenvalue weighted by Crippen LogP contribution is -2.02. The van der Waals surface area contributed by atoms with Crippen molar-refractivity contribution in [3.8, 4) is 22.4 Å². The van der Waals surface area contributed by atoms with Crippen LogP contribution in [-0.4, -0.2) is 26.0 Å². The summed E-state index contributed by atoms with van der Waals surface area (Å²) in [7, 11) is 0. The second kappa shape index (κ2) is 9.34. The molecule has 5 aromatic rings. The molecule has 0 unspecified atom stereocenters. The number of halogens is 1. The van der Waals surface area contributed by atoms with Crippen LogP contribution in [0.3, 0.4) is 0 Å². The van der Waals surface area contributed by atoms with E-state index in [4.69, 9.17) is 0 Å². The third-order valence-corrected chi connectivity index (χ3v) is 6.88. The van der Waals surface area contributed by atoms with Crippen LogP contribution in [0.2, 0.25) is 0 Å². The van der Waals surface area contributed by atoms with E-state index in [-0.39, 0.29) is 17.4 Å². The van der Waals surface area contributed by atoms with Gasteiger partial charge in [0.2, 0.25) is 0 Å². The van der Waals surface area contributed by atoms with Crippen LogP contribution in [-0.2, 0) is 12.8 Å². The Labute approximate surface area is 209 Å². The molecule has 0 saturated heterocycles. The highest BCUT2D eigenvalue weighted by molar-refractivity contribution is 6.07. The Morgan fingerprint density at radius 1 is 1.00 bits per heavy atom. The van der Waals surface area contributed by atoms with Gasteiger partial charge in [0.05, 0.1) is 5.69 Å². The molecule has 0 aliphatic carbocycles. The molecule has 0 atom stereocenters. The van der Waals surface area contributed by atoms with E-state index in [1.807, 2.05) is 30.5 Å². The van der Waals surface area contributed by atoms with Gasteiger partial charge in [-0.2, -0.15) is 0 Å². The van der Waals surface area contributed by atoms with Gasteiger partial charge >= 0.3 is 5.97 Å². The van der Waals surface area contributed by atoms with Crippen molar-refractivity contribution in [2.45, 2.75) is 47.0 Å². The van der Waals surface area contributed by atoms with E-state index in [0.29, 0.717) is 34.7 Å². The highest BCUT2D eigenvalue weighted by Crippen LogP contribution is 2.43. The van der Waals surface area contributed by atoms with Crippen molar-refractivity contribution >= 4 is 27.8 Å². The number of aromatic carboxylic acids is 1.